The van der Waals surface area contributed by atoms with Crippen LogP contribution in [-0.4, -0.2) is 63.1 Å². The highest BCUT2D eigenvalue weighted by atomic mass is 16.5. The monoisotopic (exact) mass is 204 g/mol. The fourth-order valence-electron chi connectivity index (χ4n) is 1.27. The first-order chi connectivity index (χ1) is 6.70. The fraction of sp³-hybridized carbons (Fsp3) is 1.00. The molecule has 0 bridgehead atoms. The van der Waals surface area contributed by atoms with Gasteiger partial charge in [-0.1, -0.05) is 6.92 Å². The molecule has 0 fully saturated rings. The lowest BCUT2D eigenvalue weighted by Crippen LogP contribution is -2.36. The van der Waals surface area contributed by atoms with Gasteiger partial charge in [-0.3, -0.25) is 0 Å². The minimum Gasteiger partial charge on any atom is -0.389 e. The molecule has 0 aliphatic rings. The van der Waals surface area contributed by atoms with Crippen molar-refractivity contribution in [2.45, 2.75) is 19.4 Å². The van der Waals surface area contributed by atoms with Gasteiger partial charge in [-0.15, -0.1) is 0 Å². The summed E-state index contributed by atoms with van der Waals surface area (Å²) in [5.41, 5.74) is 0. The minimum atomic E-state index is -0.379. The molecule has 4 nitrogen and oxygen atoms in total. The second-order valence-electron chi connectivity index (χ2n) is 3.62. The van der Waals surface area contributed by atoms with Gasteiger partial charge < -0.3 is 20.1 Å². The van der Waals surface area contributed by atoms with E-state index < -0.39 is 0 Å². The maximum Gasteiger partial charge on any atom is 0.0899 e. The summed E-state index contributed by atoms with van der Waals surface area (Å²) in [6.07, 6.45) is 0.784. The van der Waals surface area contributed by atoms with E-state index in [-0.39, 0.29) is 6.10 Å². The van der Waals surface area contributed by atoms with Crippen LogP contribution in [0.5, 0.6) is 0 Å². The number of nitrogens with one attached hydrogen (secondary N) is 1. The second-order valence-corrected chi connectivity index (χ2v) is 3.62. The topological polar surface area (TPSA) is 44.7 Å². The summed E-state index contributed by atoms with van der Waals surface area (Å²) in [5.74, 6) is 0. The maximum absolute atomic E-state index is 9.44. The van der Waals surface area contributed by atoms with E-state index >= 15 is 0 Å². The molecule has 0 heterocycles. The Morgan fingerprint density at radius 1 is 1.43 bits per heavy atom. The highest BCUT2D eigenvalue weighted by Gasteiger charge is 2.06. The van der Waals surface area contributed by atoms with Crippen LogP contribution in [0.25, 0.3) is 0 Å². The van der Waals surface area contributed by atoms with Crippen LogP contribution in [0.2, 0.25) is 0 Å². The molecule has 1 unspecified atom stereocenters. The number of nitrogens with zero attached hydrogens (tertiary/aromatic N) is 1. The first-order valence-corrected chi connectivity index (χ1v) is 5.27. The van der Waals surface area contributed by atoms with Crippen molar-refractivity contribution < 1.29 is 9.84 Å². The van der Waals surface area contributed by atoms with Gasteiger partial charge in [0.15, 0.2) is 0 Å². The van der Waals surface area contributed by atoms with Gasteiger partial charge in [0.2, 0.25) is 0 Å². The van der Waals surface area contributed by atoms with Gasteiger partial charge in [0.1, 0.15) is 0 Å². The third kappa shape index (κ3) is 8.44. The molecular formula is C10H24N2O2. The zero-order valence-corrected chi connectivity index (χ0v) is 9.62. The average molecular weight is 204 g/mol. The van der Waals surface area contributed by atoms with E-state index in [2.05, 4.69) is 17.1 Å². The summed E-state index contributed by atoms with van der Waals surface area (Å²) in [5, 5.41) is 12.8. The Balaban J connectivity index is 3.30. The number of ether oxygens (including phenoxy) is 1. The molecule has 0 aromatic rings. The number of rotatable bonds is 9. The molecule has 0 saturated heterocycles. The standard InChI is InChI=1S/C10H24N2O2/c1-4-5-11-6-7-12(2)8-10(13)9-14-3/h10-11,13H,4-9H2,1-3H3. The summed E-state index contributed by atoms with van der Waals surface area (Å²) in [6.45, 7) is 6.23. The summed E-state index contributed by atoms with van der Waals surface area (Å²) in [7, 11) is 3.61. The van der Waals surface area contributed by atoms with Crippen LogP contribution >= 0.6 is 0 Å². The van der Waals surface area contributed by atoms with E-state index in [9.17, 15) is 5.11 Å². The molecule has 0 amide bonds. The number of aliphatic hydroxyl groups excluding tert-OH is 1. The van der Waals surface area contributed by atoms with Crippen molar-refractivity contribution in [1.82, 2.24) is 10.2 Å². The number of hydrogen-bond acceptors (Lipinski definition) is 4. The number of hydrogen-bond donors (Lipinski definition) is 2. The van der Waals surface area contributed by atoms with Gasteiger partial charge in [-0.05, 0) is 20.0 Å². The van der Waals surface area contributed by atoms with Gasteiger partial charge in [-0.2, -0.15) is 0 Å². The lowest BCUT2D eigenvalue weighted by atomic mass is 10.3. The molecule has 2 N–H and O–H groups in total. The Morgan fingerprint density at radius 3 is 2.71 bits per heavy atom. The Morgan fingerprint density at radius 2 is 2.14 bits per heavy atom. The molecule has 0 rings (SSSR count). The van der Waals surface area contributed by atoms with E-state index in [0.717, 1.165) is 26.1 Å². The van der Waals surface area contributed by atoms with E-state index in [1.165, 1.54) is 0 Å². The van der Waals surface area contributed by atoms with Crippen molar-refractivity contribution in [3.63, 3.8) is 0 Å². The van der Waals surface area contributed by atoms with Gasteiger partial charge in [0.25, 0.3) is 0 Å². The van der Waals surface area contributed by atoms with Gasteiger partial charge >= 0.3 is 0 Å². The quantitative estimate of drug-likeness (QED) is 0.516. The Labute approximate surface area is 87.2 Å². The fourth-order valence-corrected chi connectivity index (χ4v) is 1.27. The first kappa shape index (κ1) is 13.8. The predicted molar refractivity (Wildman–Crippen MR) is 58.5 cm³/mol. The highest BCUT2D eigenvalue weighted by molar-refractivity contribution is 4.61. The molecule has 0 spiro atoms. The summed E-state index contributed by atoms with van der Waals surface area (Å²) < 4.78 is 4.86. The predicted octanol–water partition coefficient (Wildman–Crippen LogP) is -0.0749. The maximum atomic E-state index is 9.44. The molecule has 0 aromatic heterocycles. The summed E-state index contributed by atoms with van der Waals surface area (Å²) in [6, 6.07) is 0. The normalized spacial score (nSPS) is 13.5. The molecule has 0 radical (unpaired) electrons. The van der Waals surface area contributed by atoms with Crippen molar-refractivity contribution >= 4 is 0 Å². The molecular weight excluding hydrogens is 180 g/mol. The molecule has 14 heavy (non-hydrogen) atoms. The molecule has 0 aliphatic carbocycles. The van der Waals surface area contributed by atoms with Crippen LogP contribution in [0.1, 0.15) is 13.3 Å². The second kappa shape index (κ2) is 9.40. The van der Waals surface area contributed by atoms with Crippen molar-refractivity contribution in [2.75, 3.05) is 46.9 Å². The number of methoxy groups -OCH3 is 1. The van der Waals surface area contributed by atoms with Crippen LogP contribution in [-0.2, 0) is 4.74 Å². The first-order valence-electron chi connectivity index (χ1n) is 5.27. The van der Waals surface area contributed by atoms with Crippen molar-refractivity contribution in [1.29, 1.82) is 0 Å². The number of aliphatic hydroxyl groups is 1. The van der Waals surface area contributed by atoms with E-state index in [4.69, 9.17) is 4.74 Å². The SMILES string of the molecule is CCCNCCN(C)CC(O)COC. The largest absolute Gasteiger partial charge is 0.389 e. The molecule has 0 saturated carbocycles. The highest BCUT2D eigenvalue weighted by Crippen LogP contribution is 1.89. The smallest absolute Gasteiger partial charge is 0.0899 e. The van der Waals surface area contributed by atoms with Gasteiger partial charge in [0, 0.05) is 26.7 Å². The lowest BCUT2D eigenvalue weighted by Gasteiger charge is -2.20. The van der Waals surface area contributed by atoms with E-state index in [1.54, 1.807) is 7.11 Å². The number of likely N-dealkylation sites (N-methyl/N-ethyl adjacent to an activating group) is 1. The van der Waals surface area contributed by atoms with E-state index in [0.29, 0.717) is 13.2 Å². The zero-order chi connectivity index (χ0) is 10.8. The molecule has 4 heteroatoms. The van der Waals surface area contributed by atoms with Crippen molar-refractivity contribution in [2.24, 2.45) is 0 Å². The Bertz CT molecular complexity index is 123. The third-order valence-electron chi connectivity index (χ3n) is 1.98. The lowest BCUT2D eigenvalue weighted by molar-refractivity contribution is 0.0435. The van der Waals surface area contributed by atoms with Crippen LogP contribution in [0, 0.1) is 0 Å². The summed E-state index contributed by atoms with van der Waals surface area (Å²) >= 11 is 0. The van der Waals surface area contributed by atoms with Crippen molar-refractivity contribution in [3.05, 3.63) is 0 Å². The minimum absolute atomic E-state index is 0.379. The van der Waals surface area contributed by atoms with Gasteiger partial charge in [-0.25, -0.2) is 0 Å². The van der Waals surface area contributed by atoms with Crippen molar-refractivity contribution in [3.8, 4) is 0 Å². The molecule has 1 atom stereocenters. The van der Waals surface area contributed by atoms with E-state index in [1.807, 2.05) is 7.05 Å². The van der Waals surface area contributed by atoms with Crippen LogP contribution in [0.4, 0.5) is 0 Å². The molecule has 0 aliphatic heterocycles. The third-order valence-corrected chi connectivity index (χ3v) is 1.98. The Hall–Kier alpha value is -0.160. The van der Waals surface area contributed by atoms with Crippen LogP contribution in [0.3, 0.4) is 0 Å². The van der Waals surface area contributed by atoms with Gasteiger partial charge in [0.05, 0.1) is 12.7 Å². The molecule has 0 aromatic carbocycles. The summed E-state index contributed by atoms with van der Waals surface area (Å²) in [4.78, 5) is 2.10. The van der Waals surface area contributed by atoms with Crippen LogP contribution in [0.15, 0.2) is 0 Å². The zero-order valence-electron chi connectivity index (χ0n) is 9.62. The van der Waals surface area contributed by atoms with Crippen LogP contribution < -0.4 is 5.32 Å². The molecule has 86 valence electrons. The Kier molecular flexibility index (Phi) is 9.29. The average Bonchev–Trinajstić information content (AvgIpc) is 2.13.